The third kappa shape index (κ3) is 4.20. The van der Waals surface area contributed by atoms with Gasteiger partial charge >= 0.3 is 0 Å². The van der Waals surface area contributed by atoms with Gasteiger partial charge in [0.2, 0.25) is 5.91 Å². The van der Waals surface area contributed by atoms with E-state index >= 15 is 0 Å². The van der Waals surface area contributed by atoms with E-state index in [-0.39, 0.29) is 17.4 Å². The average molecular weight is 370 g/mol. The summed E-state index contributed by atoms with van der Waals surface area (Å²) in [4.78, 5) is 24.2. The Bertz CT molecular complexity index is 835. The summed E-state index contributed by atoms with van der Waals surface area (Å²) in [6.45, 7) is 12.9. The molecule has 3 rings (SSSR count). The fraction of sp³-hybridized carbons (Fsp3) is 0.619. The third-order valence-corrected chi connectivity index (χ3v) is 5.16. The van der Waals surface area contributed by atoms with Crippen LogP contribution in [0.25, 0.3) is 11.3 Å². The van der Waals surface area contributed by atoms with E-state index in [4.69, 9.17) is 9.51 Å². The molecule has 0 N–H and O–H groups in total. The molecular formula is C21H30N4O2. The van der Waals surface area contributed by atoms with E-state index in [0.717, 1.165) is 48.3 Å². The van der Waals surface area contributed by atoms with Crippen LogP contribution in [0.4, 0.5) is 0 Å². The van der Waals surface area contributed by atoms with Gasteiger partial charge in [0.15, 0.2) is 5.76 Å². The van der Waals surface area contributed by atoms with Crippen LogP contribution in [0.1, 0.15) is 75.3 Å². The van der Waals surface area contributed by atoms with Crippen LogP contribution in [0.3, 0.4) is 0 Å². The molecule has 2 aromatic rings. The van der Waals surface area contributed by atoms with Crippen molar-refractivity contribution in [2.24, 2.45) is 5.41 Å². The van der Waals surface area contributed by atoms with Gasteiger partial charge in [0, 0.05) is 24.7 Å². The predicted octanol–water partition coefficient (Wildman–Crippen LogP) is 4.55. The lowest BCUT2D eigenvalue weighted by Gasteiger charge is -2.37. The molecule has 1 aliphatic heterocycles. The fourth-order valence-corrected chi connectivity index (χ4v) is 3.65. The Morgan fingerprint density at radius 2 is 2.00 bits per heavy atom. The predicted molar refractivity (Wildman–Crippen MR) is 104 cm³/mol. The van der Waals surface area contributed by atoms with Crippen LogP contribution in [0, 0.1) is 26.2 Å². The Morgan fingerprint density at radius 3 is 2.63 bits per heavy atom. The molecule has 0 bridgehead atoms. The summed E-state index contributed by atoms with van der Waals surface area (Å²) < 4.78 is 5.60. The molecule has 6 heteroatoms. The maximum atomic E-state index is 13.0. The molecule has 27 heavy (non-hydrogen) atoms. The van der Waals surface area contributed by atoms with Crippen LogP contribution in [0.5, 0.6) is 0 Å². The smallest absolute Gasteiger partial charge is 0.223 e. The molecule has 1 aliphatic rings. The van der Waals surface area contributed by atoms with Gasteiger partial charge in [-0.2, -0.15) is 0 Å². The number of amides is 1. The third-order valence-electron chi connectivity index (χ3n) is 5.16. The molecule has 146 valence electrons. The van der Waals surface area contributed by atoms with Crippen LogP contribution in [0.15, 0.2) is 10.7 Å². The fourth-order valence-electron chi connectivity index (χ4n) is 3.65. The lowest BCUT2D eigenvalue weighted by molar-refractivity contribution is -0.137. The average Bonchev–Trinajstić information content (AvgIpc) is 2.92. The zero-order valence-electron chi connectivity index (χ0n) is 17.3. The Kier molecular flexibility index (Phi) is 5.36. The number of carbonyl (C=O) groups excluding carboxylic acids is 1. The molecule has 1 amide bonds. The van der Waals surface area contributed by atoms with Crippen molar-refractivity contribution in [2.75, 3.05) is 6.54 Å². The van der Waals surface area contributed by atoms with E-state index in [1.807, 2.05) is 31.9 Å². The Morgan fingerprint density at radius 1 is 1.26 bits per heavy atom. The van der Waals surface area contributed by atoms with Gasteiger partial charge in [-0.1, -0.05) is 25.9 Å². The summed E-state index contributed by atoms with van der Waals surface area (Å²) >= 11 is 0. The highest BCUT2D eigenvalue weighted by Crippen LogP contribution is 2.38. The van der Waals surface area contributed by atoms with Crippen LogP contribution in [0.2, 0.25) is 0 Å². The first-order valence-corrected chi connectivity index (χ1v) is 9.73. The lowest BCUT2D eigenvalue weighted by Crippen LogP contribution is -2.40. The molecule has 3 heterocycles. The monoisotopic (exact) mass is 370 g/mol. The maximum Gasteiger partial charge on any atom is 0.223 e. The minimum atomic E-state index is -0.0462. The molecule has 0 unspecified atom stereocenters. The molecule has 1 fully saturated rings. The molecule has 0 aromatic carbocycles. The number of nitrogens with zero attached hydrogens (tertiary/aromatic N) is 4. The number of likely N-dealkylation sites (tertiary alicyclic amines) is 1. The number of rotatable bonds is 3. The van der Waals surface area contributed by atoms with Crippen molar-refractivity contribution in [1.29, 1.82) is 0 Å². The van der Waals surface area contributed by atoms with Crippen molar-refractivity contribution in [3.63, 3.8) is 0 Å². The van der Waals surface area contributed by atoms with Gasteiger partial charge in [0.25, 0.3) is 0 Å². The van der Waals surface area contributed by atoms with Crippen LogP contribution in [-0.2, 0) is 4.79 Å². The Labute approximate surface area is 161 Å². The van der Waals surface area contributed by atoms with Gasteiger partial charge in [0.1, 0.15) is 5.82 Å². The van der Waals surface area contributed by atoms with Gasteiger partial charge < -0.3 is 9.42 Å². The van der Waals surface area contributed by atoms with E-state index in [1.165, 1.54) is 0 Å². The second kappa shape index (κ2) is 7.41. The Balaban J connectivity index is 2.04. The van der Waals surface area contributed by atoms with E-state index in [1.54, 1.807) is 0 Å². The van der Waals surface area contributed by atoms with E-state index in [2.05, 4.69) is 30.9 Å². The second-order valence-electron chi connectivity index (χ2n) is 8.77. The number of aromatic nitrogens is 3. The number of aryl methyl sites for hydroxylation is 2. The second-order valence-corrected chi connectivity index (χ2v) is 8.77. The standard InChI is InChI=1S/C21H30N4O2/c1-13-14(2)24-27-20(13)16-12-22-15(3)23-19(16)17-9-7-8-10-25(17)18(26)11-21(4,5)6/h12,17H,7-11H2,1-6H3/t17-/m1/s1. The SMILES string of the molecule is Cc1ncc(-c2onc(C)c2C)c([C@H]2CCCCN2C(=O)CC(C)(C)C)n1. The zero-order chi connectivity index (χ0) is 19.8. The van der Waals surface area contributed by atoms with Crippen LogP contribution in [-0.4, -0.2) is 32.5 Å². The van der Waals surface area contributed by atoms with Gasteiger partial charge in [-0.05, 0) is 45.4 Å². The molecule has 2 aromatic heterocycles. The largest absolute Gasteiger partial charge is 0.356 e. The van der Waals surface area contributed by atoms with E-state index < -0.39 is 0 Å². The topological polar surface area (TPSA) is 72.1 Å². The molecule has 1 saturated heterocycles. The number of hydrogen-bond acceptors (Lipinski definition) is 5. The minimum Gasteiger partial charge on any atom is -0.356 e. The normalized spacial score (nSPS) is 18.0. The molecule has 1 atom stereocenters. The zero-order valence-corrected chi connectivity index (χ0v) is 17.3. The van der Waals surface area contributed by atoms with Crippen molar-refractivity contribution in [1.82, 2.24) is 20.0 Å². The van der Waals surface area contributed by atoms with Gasteiger partial charge in [0.05, 0.1) is 23.0 Å². The summed E-state index contributed by atoms with van der Waals surface area (Å²) in [5, 5.41) is 4.09. The summed E-state index contributed by atoms with van der Waals surface area (Å²) in [5.74, 6) is 1.60. The quantitative estimate of drug-likeness (QED) is 0.793. The first-order valence-electron chi connectivity index (χ1n) is 9.73. The van der Waals surface area contributed by atoms with E-state index in [9.17, 15) is 4.79 Å². The van der Waals surface area contributed by atoms with Crippen molar-refractivity contribution in [3.8, 4) is 11.3 Å². The minimum absolute atomic E-state index is 0.0396. The van der Waals surface area contributed by atoms with Gasteiger partial charge in [-0.15, -0.1) is 0 Å². The van der Waals surface area contributed by atoms with Gasteiger partial charge in [-0.3, -0.25) is 4.79 Å². The first-order chi connectivity index (χ1) is 12.7. The van der Waals surface area contributed by atoms with Crippen molar-refractivity contribution in [2.45, 2.75) is 73.3 Å². The summed E-state index contributed by atoms with van der Waals surface area (Å²) in [6.07, 6.45) is 5.37. The van der Waals surface area contributed by atoms with Crippen molar-refractivity contribution in [3.05, 3.63) is 29.0 Å². The molecule has 6 nitrogen and oxygen atoms in total. The highest BCUT2D eigenvalue weighted by Gasteiger charge is 2.33. The Hall–Kier alpha value is -2.24. The van der Waals surface area contributed by atoms with Crippen molar-refractivity contribution < 1.29 is 9.32 Å². The number of piperidine rings is 1. The number of hydrogen-bond donors (Lipinski definition) is 0. The molecule has 0 spiro atoms. The van der Waals surface area contributed by atoms with E-state index in [0.29, 0.717) is 18.0 Å². The molecule has 0 saturated carbocycles. The molecule has 0 radical (unpaired) electrons. The van der Waals surface area contributed by atoms with Crippen LogP contribution >= 0.6 is 0 Å². The maximum absolute atomic E-state index is 13.0. The van der Waals surface area contributed by atoms with Gasteiger partial charge in [-0.25, -0.2) is 9.97 Å². The number of carbonyl (C=O) groups is 1. The summed E-state index contributed by atoms with van der Waals surface area (Å²) in [6, 6.07) is -0.0462. The van der Waals surface area contributed by atoms with Crippen LogP contribution < -0.4 is 0 Å². The van der Waals surface area contributed by atoms with Crippen molar-refractivity contribution >= 4 is 5.91 Å². The molecular weight excluding hydrogens is 340 g/mol. The molecule has 0 aliphatic carbocycles. The lowest BCUT2D eigenvalue weighted by atomic mass is 9.89. The summed E-state index contributed by atoms with van der Waals surface area (Å²) in [7, 11) is 0. The summed E-state index contributed by atoms with van der Waals surface area (Å²) in [5.41, 5.74) is 3.54. The highest BCUT2D eigenvalue weighted by molar-refractivity contribution is 5.78. The highest BCUT2D eigenvalue weighted by atomic mass is 16.5. The first kappa shape index (κ1) is 19.5.